The third-order valence-corrected chi connectivity index (χ3v) is 12.9. The van der Waals surface area contributed by atoms with Gasteiger partial charge in [-0.2, -0.15) is 0 Å². The lowest BCUT2D eigenvalue weighted by molar-refractivity contribution is -0.144. The monoisotopic (exact) mass is 921 g/mol. The Morgan fingerprint density at radius 2 is 1.51 bits per heavy atom. The van der Waals surface area contributed by atoms with Crippen LogP contribution in [0.1, 0.15) is 94.2 Å². The summed E-state index contributed by atoms with van der Waals surface area (Å²) in [5, 5.41) is 16.4. The minimum atomic E-state index is -0.934. The Hall–Kier alpha value is -6.55. The minimum absolute atomic E-state index is 0.00746. The normalized spacial score (nSPS) is 15.4. The molecule has 3 N–H and O–H groups in total. The molecule has 4 amide bonds. The zero-order valence-corrected chi connectivity index (χ0v) is 40.3. The number of rotatable bonds is 18. The number of aliphatic hydroxyl groups is 1. The first-order chi connectivity index (χ1) is 32.2. The molecule has 6 rings (SSSR count). The van der Waals surface area contributed by atoms with E-state index < -0.39 is 29.5 Å². The number of carbonyl (C=O) groups excluding carboxylic acids is 4. The van der Waals surface area contributed by atoms with E-state index in [0.29, 0.717) is 19.6 Å². The number of thiazole rings is 1. The van der Waals surface area contributed by atoms with Crippen molar-refractivity contribution < 1.29 is 29.0 Å². The molecule has 0 unspecified atom stereocenters. The fourth-order valence-electron chi connectivity index (χ4n) is 8.15. The number of ether oxygens (including phenoxy) is 1. The van der Waals surface area contributed by atoms with Crippen LogP contribution in [0.3, 0.4) is 0 Å². The SMILES string of the molecule is CC/C(=C(\c1ccccc1)c1ccc(OCCN(C)C(=O)CCC#CCCC(=O)N[C@H](C(=O)N2C[C@H](O)C[C@H]2C(=O)NCc2ccc(-c3scnc3C)cc2)C(C)(C)C)cc1)c1ccccc1. The third-order valence-electron chi connectivity index (χ3n) is 11.9. The second-order valence-electron chi connectivity index (χ2n) is 17.9. The van der Waals surface area contributed by atoms with Gasteiger partial charge in [0.2, 0.25) is 23.6 Å². The van der Waals surface area contributed by atoms with E-state index in [4.69, 9.17) is 4.74 Å². The standard InChI is InChI=1S/C55H63N5O6S/c1-7-46(40-18-12-10-13-19-40)50(41-20-14-11-15-21-41)42-28-30-45(31-29-42)66-33-32-59(6)49(63)23-17-9-8-16-22-48(62)58-52(55(3,4)5)54(65)60-36-44(61)34-47(60)53(64)56-35-39-24-26-43(27-25-39)51-38(2)57-37-67-51/h10-15,18-21,24-31,37,44,47,52,61H,7,16-17,22-23,32-36H2,1-6H3,(H,56,64)(H,58,62)/b50-46-/t44-,47+,52-/m1/s1. The molecule has 1 fully saturated rings. The molecule has 1 aromatic heterocycles. The Balaban J connectivity index is 0.926. The van der Waals surface area contributed by atoms with Gasteiger partial charge in [-0.3, -0.25) is 19.2 Å². The summed E-state index contributed by atoms with van der Waals surface area (Å²) in [5.41, 5.74) is 9.96. The Morgan fingerprint density at radius 1 is 0.881 bits per heavy atom. The molecule has 0 bridgehead atoms. The predicted octanol–water partition coefficient (Wildman–Crippen LogP) is 8.70. The van der Waals surface area contributed by atoms with Gasteiger partial charge < -0.3 is 30.3 Å². The van der Waals surface area contributed by atoms with E-state index in [1.54, 1.807) is 23.3 Å². The van der Waals surface area contributed by atoms with Gasteiger partial charge in [-0.15, -0.1) is 23.2 Å². The van der Waals surface area contributed by atoms with Gasteiger partial charge in [0.05, 0.1) is 28.7 Å². The second kappa shape index (κ2) is 23.8. The maximum atomic E-state index is 14.0. The molecule has 0 saturated carbocycles. The number of β-amino-alcohol motifs (C(OH)–C–C–N with tert-alkyl or cyclic N) is 1. The van der Waals surface area contributed by atoms with Gasteiger partial charge in [0.15, 0.2) is 0 Å². The largest absolute Gasteiger partial charge is 0.492 e. The van der Waals surface area contributed by atoms with E-state index in [-0.39, 0.29) is 56.5 Å². The van der Waals surface area contributed by atoms with Crippen LogP contribution in [0.4, 0.5) is 0 Å². The average molecular weight is 922 g/mol. The highest BCUT2D eigenvalue weighted by molar-refractivity contribution is 7.13. The van der Waals surface area contributed by atoms with Gasteiger partial charge in [-0.05, 0) is 69.9 Å². The molecule has 0 radical (unpaired) electrons. The van der Waals surface area contributed by atoms with Crippen molar-refractivity contribution in [3.8, 4) is 28.0 Å². The molecule has 1 saturated heterocycles. The summed E-state index contributed by atoms with van der Waals surface area (Å²) in [6, 6.07) is 35.1. The highest BCUT2D eigenvalue weighted by Crippen LogP contribution is 2.35. The van der Waals surface area contributed by atoms with Crippen molar-refractivity contribution in [2.75, 3.05) is 26.7 Å². The van der Waals surface area contributed by atoms with Gasteiger partial charge in [-0.1, -0.05) is 125 Å². The average Bonchev–Trinajstić information content (AvgIpc) is 3.95. The Morgan fingerprint density at radius 3 is 2.12 bits per heavy atom. The van der Waals surface area contributed by atoms with Crippen LogP contribution in [0.15, 0.2) is 115 Å². The first-order valence-corrected chi connectivity index (χ1v) is 23.9. The van der Waals surface area contributed by atoms with Crippen LogP contribution in [0, 0.1) is 24.2 Å². The van der Waals surface area contributed by atoms with Crippen molar-refractivity contribution in [1.29, 1.82) is 0 Å². The molecule has 11 nitrogen and oxygen atoms in total. The summed E-state index contributed by atoms with van der Waals surface area (Å²) in [6.45, 7) is 10.7. The van der Waals surface area contributed by atoms with Gasteiger partial charge in [-0.25, -0.2) is 4.98 Å². The maximum absolute atomic E-state index is 14.0. The lowest BCUT2D eigenvalue weighted by atomic mass is 9.85. The first-order valence-electron chi connectivity index (χ1n) is 23.0. The Kier molecular flexibility index (Phi) is 17.7. The number of allylic oxidation sites excluding steroid dienone is 1. The molecule has 2 heterocycles. The van der Waals surface area contributed by atoms with Crippen LogP contribution < -0.4 is 15.4 Å². The summed E-state index contributed by atoms with van der Waals surface area (Å²) >= 11 is 1.57. The molecule has 1 aliphatic rings. The molecule has 1 aliphatic heterocycles. The van der Waals surface area contributed by atoms with Gasteiger partial charge >= 0.3 is 0 Å². The number of aryl methyl sites for hydroxylation is 1. The smallest absolute Gasteiger partial charge is 0.246 e. The molecule has 67 heavy (non-hydrogen) atoms. The number of hydrogen-bond acceptors (Lipinski definition) is 8. The molecule has 0 spiro atoms. The number of likely N-dealkylation sites (tertiary alicyclic amines) is 1. The zero-order valence-electron chi connectivity index (χ0n) is 39.5. The number of nitrogens with zero attached hydrogens (tertiary/aromatic N) is 3. The predicted molar refractivity (Wildman–Crippen MR) is 267 cm³/mol. The minimum Gasteiger partial charge on any atom is -0.492 e. The van der Waals surface area contributed by atoms with E-state index in [1.165, 1.54) is 21.6 Å². The highest BCUT2D eigenvalue weighted by Gasteiger charge is 2.44. The third kappa shape index (κ3) is 13.8. The summed E-state index contributed by atoms with van der Waals surface area (Å²) in [5.74, 6) is 5.52. The number of carbonyl (C=O) groups is 4. The van der Waals surface area contributed by atoms with Gasteiger partial charge in [0.25, 0.3) is 0 Å². The number of benzene rings is 4. The molecule has 12 heteroatoms. The summed E-state index contributed by atoms with van der Waals surface area (Å²) in [6.07, 6.45) is 0.999. The van der Waals surface area contributed by atoms with E-state index in [2.05, 4.69) is 95.0 Å². The summed E-state index contributed by atoms with van der Waals surface area (Å²) in [7, 11) is 1.75. The van der Waals surface area contributed by atoms with Crippen LogP contribution >= 0.6 is 11.3 Å². The van der Waals surface area contributed by atoms with E-state index in [9.17, 15) is 24.3 Å². The second-order valence-corrected chi connectivity index (χ2v) is 18.8. The molecular weight excluding hydrogens is 859 g/mol. The topological polar surface area (TPSA) is 141 Å². The van der Waals surface area contributed by atoms with Crippen molar-refractivity contribution >= 4 is 46.1 Å². The van der Waals surface area contributed by atoms with Crippen LogP contribution in [0.2, 0.25) is 0 Å². The molecule has 4 aromatic carbocycles. The van der Waals surface area contributed by atoms with Crippen LogP contribution in [0.25, 0.3) is 21.6 Å². The quantitative estimate of drug-likeness (QED) is 0.0590. The van der Waals surface area contributed by atoms with Gasteiger partial charge in [0, 0.05) is 52.2 Å². The molecule has 3 atom stereocenters. The number of amides is 4. The van der Waals surface area contributed by atoms with Crippen molar-refractivity contribution in [3.63, 3.8) is 0 Å². The maximum Gasteiger partial charge on any atom is 0.246 e. The van der Waals surface area contributed by atoms with Crippen molar-refractivity contribution in [2.45, 2.75) is 97.9 Å². The highest BCUT2D eigenvalue weighted by atomic mass is 32.1. The van der Waals surface area contributed by atoms with Crippen molar-refractivity contribution in [1.82, 2.24) is 25.4 Å². The molecule has 0 aliphatic carbocycles. The first kappa shape index (κ1) is 49.9. The lowest BCUT2D eigenvalue weighted by Gasteiger charge is -2.35. The number of hydrogen-bond donors (Lipinski definition) is 3. The van der Waals surface area contributed by atoms with E-state index in [0.717, 1.165) is 45.0 Å². The number of likely N-dealkylation sites (N-methyl/N-ethyl adjacent to an activating group) is 1. The van der Waals surface area contributed by atoms with Crippen LogP contribution in [0.5, 0.6) is 5.75 Å². The van der Waals surface area contributed by atoms with Crippen molar-refractivity contribution in [2.24, 2.45) is 5.41 Å². The number of nitrogens with one attached hydrogen (secondary N) is 2. The summed E-state index contributed by atoms with van der Waals surface area (Å²) < 4.78 is 6.04. The fourth-order valence-corrected chi connectivity index (χ4v) is 8.97. The van der Waals surface area contributed by atoms with Gasteiger partial charge in [0.1, 0.15) is 24.4 Å². The molecule has 5 aromatic rings. The van der Waals surface area contributed by atoms with E-state index in [1.807, 2.05) is 81.7 Å². The fraction of sp³-hybridized carbons (Fsp3) is 0.364. The zero-order chi connectivity index (χ0) is 47.9. The van der Waals surface area contributed by atoms with Crippen LogP contribution in [-0.4, -0.2) is 88.5 Å². The molecule has 350 valence electrons. The Bertz CT molecular complexity index is 2540. The van der Waals surface area contributed by atoms with Crippen molar-refractivity contribution in [3.05, 3.63) is 143 Å². The summed E-state index contributed by atoms with van der Waals surface area (Å²) in [4.78, 5) is 61.9. The van der Waals surface area contributed by atoms with Crippen LogP contribution in [-0.2, 0) is 25.7 Å². The molecular formula is C55H63N5O6S. The lowest BCUT2D eigenvalue weighted by Crippen LogP contribution is -2.57. The number of aromatic nitrogens is 1. The number of aliphatic hydroxyl groups excluding tert-OH is 1. The van der Waals surface area contributed by atoms with E-state index >= 15 is 0 Å². The Labute approximate surface area is 399 Å².